The molecule has 25 heavy (non-hydrogen) atoms. The Morgan fingerprint density at radius 2 is 1.92 bits per heavy atom. The number of methoxy groups -OCH3 is 1. The van der Waals surface area contributed by atoms with Gasteiger partial charge in [-0.25, -0.2) is 8.42 Å². The van der Waals surface area contributed by atoms with Gasteiger partial charge >= 0.3 is 0 Å². The van der Waals surface area contributed by atoms with Crippen molar-refractivity contribution >= 4 is 15.9 Å². The molecule has 0 bridgehead atoms. The summed E-state index contributed by atoms with van der Waals surface area (Å²) >= 11 is 0. The Morgan fingerprint density at radius 1 is 1.28 bits per heavy atom. The fraction of sp³-hybridized carbons (Fsp3) is 0.588. The molecule has 1 heterocycles. The van der Waals surface area contributed by atoms with Crippen LogP contribution in [-0.4, -0.2) is 58.6 Å². The summed E-state index contributed by atoms with van der Waals surface area (Å²) in [7, 11) is -2.35. The second kappa shape index (κ2) is 7.72. The number of nitrogens with one attached hydrogen (secondary N) is 1. The number of benzene rings is 1. The normalized spacial score (nSPS) is 16.5. The van der Waals surface area contributed by atoms with Crippen molar-refractivity contribution in [3.8, 4) is 5.75 Å². The summed E-state index contributed by atoms with van der Waals surface area (Å²) in [5.41, 5.74) is 0.224. The molecule has 7 nitrogen and oxygen atoms in total. The summed E-state index contributed by atoms with van der Waals surface area (Å²) in [4.78, 5) is 12.4. The van der Waals surface area contributed by atoms with Crippen LogP contribution in [0.25, 0.3) is 0 Å². The quantitative estimate of drug-likeness (QED) is 0.849. The van der Waals surface area contributed by atoms with Crippen molar-refractivity contribution in [2.75, 3.05) is 40.0 Å². The van der Waals surface area contributed by atoms with Crippen LogP contribution in [0, 0.1) is 5.41 Å². The van der Waals surface area contributed by atoms with E-state index in [2.05, 4.69) is 5.32 Å². The van der Waals surface area contributed by atoms with Crippen molar-refractivity contribution in [2.24, 2.45) is 5.41 Å². The molecule has 0 aromatic heterocycles. The molecule has 1 fully saturated rings. The molecule has 0 unspecified atom stereocenters. The molecule has 8 heteroatoms. The zero-order valence-electron chi connectivity index (χ0n) is 15.2. The number of nitrogens with zero attached hydrogens (tertiary/aromatic N) is 1. The monoisotopic (exact) mass is 370 g/mol. The molecule has 0 atom stereocenters. The maximum Gasteiger partial charge on any atom is 0.251 e. The van der Waals surface area contributed by atoms with E-state index in [1.54, 1.807) is 6.07 Å². The van der Waals surface area contributed by atoms with Crippen molar-refractivity contribution in [2.45, 2.75) is 25.7 Å². The van der Waals surface area contributed by atoms with Crippen molar-refractivity contribution < 1.29 is 22.7 Å². The third-order valence-electron chi connectivity index (χ3n) is 3.79. The van der Waals surface area contributed by atoms with Gasteiger partial charge in [-0.2, -0.15) is 4.31 Å². The summed E-state index contributed by atoms with van der Waals surface area (Å²) in [6.45, 7) is 7.79. The highest BCUT2D eigenvalue weighted by molar-refractivity contribution is 7.89. The van der Waals surface area contributed by atoms with E-state index in [0.29, 0.717) is 19.8 Å². The zero-order chi connectivity index (χ0) is 18.7. The van der Waals surface area contributed by atoms with Crippen molar-refractivity contribution in [1.82, 2.24) is 9.62 Å². The highest BCUT2D eigenvalue weighted by atomic mass is 32.2. The first kappa shape index (κ1) is 19.7. The standard InChI is InChI=1S/C17H26N2O5S/c1-17(2,3)12-18-16(20)13-5-6-14(23-4)15(11-13)25(21,22)19-7-9-24-10-8-19/h5-6,11H,7-10,12H2,1-4H3,(H,18,20). The molecule has 1 saturated heterocycles. The van der Waals surface area contributed by atoms with Crippen LogP contribution in [0.4, 0.5) is 0 Å². The van der Waals surface area contributed by atoms with Gasteiger partial charge in [0.2, 0.25) is 10.0 Å². The third-order valence-corrected chi connectivity index (χ3v) is 5.71. The minimum Gasteiger partial charge on any atom is -0.495 e. The Balaban J connectivity index is 2.32. The van der Waals surface area contributed by atoms with Crippen LogP contribution in [0.3, 0.4) is 0 Å². The van der Waals surface area contributed by atoms with Gasteiger partial charge in [0, 0.05) is 25.2 Å². The van der Waals surface area contributed by atoms with Crippen LogP contribution >= 0.6 is 0 Å². The highest BCUT2D eigenvalue weighted by Crippen LogP contribution is 2.28. The Bertz CT molecular complexity index is 719. The molecule has 0 aliphatic carbocycles. The molecule has 0 radical (unpaired) electrons. The number of amides is 1. The van der Waals surface area contributed by atoms with E-state index in [1.807, 2.05) is 20.8 Å². The van der Waals surface area contributed by atoms with Crippen LogP contribution in [-0.2, 0) is 14.8 Å². The minimum absolute atomic E-state index is 0.000286. The van der Waals surface area contributed by atoms with Crippen molar-refractivity contribution in [1.29, 1.82) is 0 Å². The lowest BCUT2D eigenvalue weighted by Crippen LogP contribution is -2.40. The van der Waals surface area contributed by atoms with Gasteiger partial charge in [-0.05, 0) is 23.6 Å². The Morgan fingerprint density at radius 3 is 2.48 bits per heavy atom. The first-order chi connectivity index (χ1) is 11.6. The Kier molecular flexibility index (Phi) is 6.08. The molecule has 1 N–H and O–H groups in total. The Hall–Kier alpha value is -1.64. The molecule has 140 valence electrons. The third kappa shape index (κ3) is 4.93. The van der Waals surface area contributed by atoms with Crippen molar-refractivity contribution in [3.63, 3.8) is 0 Å². The maximum absolute atomic E-state index is 12.9. The van der Waals surface area contributed by atoms with E-state index in [-0.39, 0.29) is 40.6 Å². The van der Waals surface area contributed by atoms with Crippen LogP contribution in [0.15, 0.2) is 23.1 Å². The number of rotatable bonds is 5. The van der Waals surface area contributed by atoms with E-state index in [1.165, 1.54) is 23.5 Å². The first-order valence-corrected chi connectivity index (χ1v) is 9.63. The van der Waals surface area contributed by atoms with E-state index < -0.39 is 10.0 Å². The highest BCUT2D eigenvalue weighted by Gasteiger charge is 2.30. The molecular weight excluding hydrogens is 344 g/mol. The number of sulfonamides is 1. The molecule has 0 spiro atoms. The second-order valence-corrected chi connectivity index (χ2v) is 9.03. The predicted molar refractivity (Wildman–Crippen MR) is 94.4 cm³/mol. The number of carbonyl (C=O) groups is 1. The fourth-order valence-electron chi connectivity index (χ4n) is 2.39. The van der Waals surface area contributed by atoms with Crippen LogP contribution in [0.5, 0.6) is 5.75 Å². The maximum atomic E-state index is 12.9. The fourth-order valence-corrected chi connectivity index (χ4v) is 3.98. The molecule has 1 aromatic rings. The molecule has 1 aliphatic rings. The van der Waals surface area contributed by atoms with Gasteiger partial charge in [0.25, 0.3) is 5.91 Å². The summed E-state index contributed by atoms with van der Waals surface area (Å²) in [5, 5.41) is 2.83. The average molecular weight is 370 g/mol. The van der Waals surface area contributed by atoms with Gasteiger partial charge in [-0.1, -0.05) is 20.8 Å². The van der Waals surface area contributed by atoms with Gasteiger partial charge in [0.1, 0.15) is 10.6 Å². The summed E-state index contributed by atoms with van der Waals surface area (Å²) < 4.78 is 37.6. The van der Waals surface area contributed by atoms with Gasteiger partial charge in [0.05, 0.1) is 20.3 Å². The smallest absolute Gasteiger partial charge is 0.251 e. The first-order valence-electron chi connectivity index (χ1n) is 8.19. The topological polar surface area (TPSA) is 84.9 Å². The molecule has 2 rings (SSSR count). The predicted octanol–water partition coefficient (Wildman–Crippen LogP) is 1.49. The average Bonchev–Trinajstić information content (AvgIpc) is 2.59. The van der Waals surface area contributed by atoms with Crippen LogP contribution in [0.1, 0.15) is 31.1 Å². The van der Waals surface area contributed by atoms with Gasteiger partial charge in [-0.3, -0.25) is 4.79 Å². The van der Waals surface area contributed by atoms with Gasteiger partial charge in [-0.15, -0.1) is 0 Å². The molecule has 0 saturated carbocycles. The van der Waals surface area contributed by atoms with Crippen LogP contribution < -0.4 is 10.1 Å². The molecule has 1 amide bonds. The lowest BCUT2D eigenvalue weighted by molar-refractivity contribution is 0.0729. The van der Waals surface area contributed by atoms with E-state index in [0.717, 1.165) is 0 Å². The second-order valence-electron chi connectivity index (χ2n) is 7.13. The number of carbonyl (C=O) groups excluding carboxylic acids is 1. The number of ether oxygens (including phenoxy) is 2. The van der Waals surface area contributed by atoms with Gasteiger partial charge in [0.15, 0.2) is 0 Å². The zero-order valence-corrected chi connectivity index (χ0v) is 16.0. The SMILES string of the molecule is COc1ccc(C(=O)NCC(C)(C)C)cc1S(=O)(=O)N1CCOCC1. The van der Waals surface area contributed by atoms with Crippen molar-refractivity contribution in [3.05, 3.63) is 23.8 Å². The molecule has 1 aliphatic heterocycles. The van der Waals surface area contributed by atoms with E-state index >= 15 is 0 Å². The summed E-state index contributed by atoms with van der Waals surface area (Å²) in [6, 6.07) is 4.45. The lowest BCUT2D eigenvalue weighted by atomic mass is 9.97. The van der Waals surface area contributed by atoms with Crippen LogP contribution in [0.2, 0.25) is 0 Å². The summed E-state index contributed by atoms with van der Waals surface area (Å²) in [6.07, 6.45) is 0. The lowest BCUT2D eigenvalue weighted by Gasteiger charge is -2.27. The molecular formula is C17H26N2O5S. The summed E-state index contributed by atoms with van der Waals surface area (Å²) in [5.74, 6) is -0.0881. The van der Waals surface area contributed by atoms with E-state index in [9.17, 15) is 13.2 Å². The number of hydrogen-bond donors (Lipinski definition) is 1. The Labute approximate surface area is 149 Å². The van der Waals surface area contributed by atoms with Gasteiger partial charge < -0.3 is 14.8 Å². The minimum atomic E-state index is -3.76. The number of morpholine rings is 1. The molecule has 1 aromatic carbocycles. The number of hydrogen-bond acceptors (Lipinski definition) is 5. The largest absolute Gasteiger partial charge is 0.495 e. The van der Waals surface area contributed by atoms with E-state index in [4.69, 9.17) is 9.47 Å².